The van der Waals surface area contributed by atoms with E-state index in [-0.39, 0.29) is 18.0 Å². The number of rotatable bonds is 3. The van der Waals surface area contributed by atoms with Gasteiger partial charge in [-0.2, -0.15) is 0 Å². The lowest BCUT2D eigenvalue weighted by atomic mass is 10.00. The average molecular weight is 326 g/mol. The number of amides is 2. The zero-order chi connectivity index (χ0) is 17.1. The number of fused-ring (bicyclic) bond motifs is 1. The van der Waals surface area contributed by atoms with Crippen LogP contribution < -0.4 is 5.32 Å². The smallest absolute Gasteiger partial charge is 0.252 e. The van der Waals surface area contributed by atoms with Crippen molar-refractivity contribution >= 4 is 11.8 Å². The van der Waals surface area contributed by atoms with Crippen molar-refractivity contribution in [1.29, 1.82) is 0 Å². The van der Waals surface area contributed by atoms with Crippen LogP contribution in [0, 0.1) is 12.7 Å². The monoisotopic (exact) mass is 326 g/mol. The minimum atomic E-state index is -0.468. The lowest BCUT2D eigenvalue weighted by Gasteiger charge is -2.29. The molecule has 0 aliphatic carbocycles. The number of hydrogen-bond donors (Lipinski definition) is 1. The molecule has 2 amide bonds. The summed E-state index contributed by atoms with van der Waals surface area (Å²) in [6, 6.07) is 12.1. The number of carbonyl (C=O) groups is 2. The molecule has 4 nitrogen and oxygen atoms in total. The van der Waals surface area contributed by atoms with Gasteiger partial charge in [0.15, 0.2) is 0 Å². The van der Waals surface area contributed by atoms with E-state index >= 15 is 0 Å². The van der Waals surface area contributed by atoms with Gasteiger partial charge in [0.05, 0.1) is 6.54 Å². The topological polar surface area (TPSA) is 49.4 Å². The van der Waals surface area contributed by atoms with Crippen molar-refractivity contribution in [2.45, 2.75) is 19.9 Å². The van der Waals surface area contributed by atoms with Gasteiger partial charge >= 0.3 is 0 Å². The Balaban J connectivity index is 1.60. The van der Waals surface area contributed by atoms with Crippen molar-refractivity contribution in [2.75, 3.05) is 13.1 Å². The zero-order valence-corrected chi connectivity index (χ0v) is 13.5. The van der Waals surface area contributed by atoms with Crippen LogP contribution in [0.2, 0.25) is 0 Å². The first-order chi connectivity index (χ1) is 11.5. The minimum absolute atomic E-state index is 0.0864. The molecule has 1 aliphatic rings. The zero-order valence-electron chi connectivity index (χ0n) is 13.5. The van der Waals surface area contributed by atoms with Gasteiger partial charge in [-0.25, -0.2) is 4.39 Å². The molecule has 1 heterocycles. The molecule has 24 heavy (non-hydrogen) atoms. The van der Waals surface area contributed by atoms with E-state index in [0.29, 0.717) is 18.7 Å². The number of aryl methyl sites for hydroxylation is 1. The predicted octanol–water partition coefficient (Wildman–Crippen LogP) is 2.45. The summed E-state index contributed by atoms with van der Waals surface area (Å²) in [6.07, 6.45) is 0.818. The second-order valence-electron chi connectivity index (χ2n) is 5.98. The van der Waals surface area contributed by atoms with Gasteiger partial charge in [-0.3, -0.25) is 9.59 Å². The van der Waals surface area contributed by atoms with Gasteiger partial charge in [0, 0.05) is 18.7 Å². The van der Waals surface area contributed by atoms with Crippen LogP contribution in [0.5, 0.6) is 0 Å². The summed E-state index contributed by atoms with van der Waals surface area (Å²) in [4.78, 5) is 26.2. The lowest BCUT2D eigenvalue weighted by Crippen LogP contribution is -2.42. The van der Waals surface area contributed by atoms with Crippen LogP contribution in [0.4, 0.5) is 4.39 Å². The minimum Gasteiger partial charge on any atom is -0.343 e. The van der Waals surface area contributed by atoms with Crippen molar-refractivity contribution in [1.82, 2.24) is 10.2 Å². The summed E-state index contributed by atoms with van der Waals surface area (Å²) in [5, 5.41) is 2.59. The molecule has 0 atom stereocenters. The van der Waals surface area contributed by atoms with Gasteiger partial charge in [-0.05, 0) is 42.2 Å². The van der Waals surface area contributed by atoms with Crippen molar-refractivity contribution in [3.63, 3.8) is 0 Å². The van der Waals surface area contributed by atoms with Crippen molar-refractivity contribution < 1.29 is 14.0 Å². The van der Waals surface area contributed by atoms with Crippen LogP contribution in [0.15, 0.2) is 42.5 Å². The average Bonchev–Trinajstić information content (AvgIpc) is 2.61. The predicted molar refractivity (Wildman–Crippen MR) is 89.0 cm³/mol. The third-order valence-corrected chi connectivity index (χ3v) is 4.33. The van der Waals surface area contributed by atoms with Crippen molar-refractivity contribution in [3.05, 3.63) is 70.5 Å². The van der Waals surface area contributed by atoms with E-state index in [1.807, 2.05) is 18.2 Å². The van der Waals surface area contributed by atoms with Crippen molar-refractivity contribution in [2.24, 2.45) is 0 Å². The Labute approximate surface area is 140 Å². The van der Waals surface area contributed by atoms with E-state index in [9.17, 15) is 14.0 Å². The molecule has 0 aromatic heterocycles. The van der Waals surface area contributed by atoms with Crippen molar-refractivity contribution in [3.8, 4) is 0 Å². The maximum absolute atomic E-state index is 13.3. The van der Waals surface area contributed by atoms with Gasteiger partial charge in [-0.1, -0.05) is 30.3 Å². The molecule has 1 N–H and O–H groups in total. The number of nitrogens with zero attached hydrogens (tertiary/aromatic N) is 1. The third kappa shape index (κ3) is 3.45. The van der Waals surface area contributed by atoms with E-state index < -0.39 is 11.7 Å². The number of halogens is 1. The second kappa shape index (κ2) is 6.83. The Morgan fingerprint density at radius 3 is 2.71 bits per heavy atom. The van der Waals surface area contributed by atoms with Crippen LogP contribution in [-0.4, -0.2) is 29.8 Å². The van der Waals surface area contributed by atoms with Crippen LogP contribution in [-0.2, 0) is 17.8 Å². The highest BCUT2D eigenvalue weighted by atomic mass is 19.1. The first kappa shape index (κ1) is 16.2. The van der Waals surface area contributed by atoms with Crippen LogP contribution >= 0.6 is 0 Å². The quantitative estimate of drug-likeness (QED) is 0.942. The summed E-state index contributed by atoms with van der Waals surface area (Å²) >= 11 is 0. The highest BCUT2D eigenvalue weighted by Crippen LogP contribution is 2.18. The Morgan fingerprint density at radius 2 is 1.92 bits per heavy atom. The molecule has 1 aliphatic heterocycles. The van der Waals surface area contributed by atoms with E-state index in [1.54, 1.807) is 17.9 Å². The Hall–Kier alpha value is -2.69. The van der Waals surface area contributed by atoms with Crippen LogP contribution in [0.1, 0.15) is 27.0 Å². The van der Waals surface area contributed by atoms with E-state index in [0.717, 1.165) is 12.0 Å². The molecule has 3 rings (SSSR count). The van der Waals surface area contributed by atoms with Crippen LogP contribution in [0.3, 0.4) is 0 Å². The normalized spacial score (nSPS) is 13.3. The van der Waals surface area contributed by atoms with Gasteiger partial charge in [0.2, 0.25) is 5.91 Å². The Bertz CT molecular complexity index is 789. The molecular formula is C19H19FN2O2. The number of hydrogen-bond acceptors (Lipinski definition) is 2. The number of nitrogens with one attached hydrogen (secondary N) is 1. The summed E-state index contributed by atoms with van der Waals surface area (Å²) in [5.41, 5.74) is 3.34. The van der Waals surface area contributed by atoms with E-state index in [2.05, 4.69) is 11.4 Å². The second-order valence-corrected chi connectivity index (χ2v) is 5.98. The van der Waals surface area contributed by atoms with Gasteiger partial charge in [0.25, 0.3) is 5.91 Å². The fourth-order valence-electron chi connectivity index (χ4n) is 2.91. The summed E-state index contributed by atoms with van der Waals surface area (Å²) < 4.78 is 13.3. The maximum atomic E-state index is 13.3. The summed E-state index contributed by atoms with van der Waals surface area (Å²) in [6.45, 7) is 2.85. The number of benzene rings is 2. The molecule has 0 spiro atoms. The van der Waals surface area contributed by atoms with Crippen LogP contribution in [0.25, 0.3) is 0 Å². The molecule has 5 heteroatoms. The third-order valence-electron chi connectivity index (χ3n) is 4.33. The van der Waals surface area contributed by atoms with E-state index in [4.69, 9.17) is 0 Å². The van der Waals surface area contributed by atoms with Gasteiger partial charge < -0.3 is 10.2 Å². The molecule has 0 radical (unpaired) electrons. The van der Waals surface area contributed by atoms with Gasteiger partial charge in [0.1, 0.15) is 5.82 Å². The first-order valence-electron chi connectivity index (χ1n) is 7.93. The molecule has 124 valence electrons. The molecule has 0 bridgehead atoms. The largest absolute Gasteiger partial charge is 0.343 e. The fourth-order valence-corrected chi connectivity index (χ4v) is 2.91. The molecule has 0 fully saturated rings. The first-order valence-corrected chi connectivity index (χ1v) is 7.93. The molecule has 0 saturated heterocycles. The Kier molecular flexibility index (Phi) is 4.60. The molecule has 0 saturated carbocycles. The lowest BCUT2D eigenvalue weighted by molar-refractivity contribution is -0.131. The molecule has 0 unspecified atom stereocenters. The SMILES string of the molecule is Cc1ccc(F)cc1C(=O)NCC(=O)N1CCc2ccccc2C1. The Morgan fingerprint density at radius 1 is 1.17 bits per heavy atom. The molecular weight excluding hydrogens is 307 g/mol. The highest BCUT2D eigenvalue weighted by Gasteiger charge is 2.21. The maximum Gasteiger partial charge on any atom is 0.252 e. The summed E-state index contributed by atoms with van der Waals surface area (Å²) in [7, 11) is 0. The fraction of sp³-hybridized carbons (Fsp3) is 0.263. The molecule has 2 aromatic rings. The molecule has 2 aromatic carbocycles. The highest BCUT2D eigenvalue weighted by molar-refractivity contribution is 5.97. The number of carbonyl (C=O) groups excluding carboxylic acids is 2. The van der Waals surface area contributed by atoms with E-state index in [1.165, 1.54) is 17.7 Å². The standard InChI is InChI=1S/C19H19FN2O2/c1-13-6-7-16(20)10-17(13)19(24)21-11-18(23)22-9-8-14-4-2-3-5-15(14)12-22/h2-7,10H,8-9,11-12H2,1H3,(H,21,24). The summed E-state index contributed by atoms with van der Waals surface area (Å²) in [5.74, 6) is -1.03. The van der Waals surface area contributed by atoms with Gasteiger partial charge in [-0.15, -0.1) is 0 Å².